The maximum Gasteiger partial charge on any atom is 0.282 e. The first-order chi connectivity index (χ1) is 21.4. The Balaban J connectivity index is 1.26. The lowest BCUT2D eigenvalue weighted by molar-refractivity contribution is -0.132. The highest BCUT2D eigenvalue weighted by atomic mass is 32.2. The van der Waals surface area contributed by atoms with E-state index in [0.29, 0.717) is 44.0 Å². The number of carbonyl (C=O) groups excluding carboxylic acids is 1. The highest BCUT2D eigenvalue weighted by molar-refractivity contribution is 7.99. The van der Waals surface area contributed by atoms with Gasteiger partial charge < -0.3 is 29.1 Å². The maximum absolute atomic E-state index is 14.0. The van der Waals surface area contributed by atoms with Gasteiger partial charge in [-0.2, -0.15) is 5.26 Å². The molecule has 0 bridgehead atoms. The normalized spacial score (nSPS) is 24.4. The minimum Gasteiger partial charge on any atom is -0.484 e. The van der Waals surface area contributed by atoms with E-state index < -0.39 is 17.8 Å². The van der Waals surface area contributed by atoms with Crippen LogP contribution in [0.2, 0.25) is 0 Å². The molecular formula is C33H39FN6O3S. The number of likely N-dealkylation sites (tertiary alicyclic amines) is 1. The van der Waals surface area contributed by atoms with E-state index in [4.69, 9.17) is 14.5 Å². The summed E-state index contributed by atoms with van der Waals surface area (Å²) < 4.78 is 26.9. The fourth-order valence-electron chi connectivity index (χ4n) is 7.52. The molecule has 5 aliphatic heterocycles. The van der Waals surface area contributed by atoms with Gasteiger partial charge in [0.1, 0.15) is 13.2 Å². The van der Waals surface area contributed by atoms with Crippen LogP contribution in [0, 0.1) is 11.3 Å². The van der Waals surface area contributed by atoms with Crippen molar-refractivity contribution in [3.05, 3.63) is 47.4 Å². The van der Waals surface area contributed by atoms with Crippen LogP contribution >= 0.6 is 11.8 Å². The summed E-state index contributed by atoms with van der Waals surface area (Å²) in [6.07, 6.45) is 5.41. The number of thioether (sulfide) groups is 1. The Morgan fingerprint density at radius 1 is 1.23 bits per heavy atom. The van der Waals surface area contributed by atoms with Crippen molar-refractivity contribution in [2.24, 2.45) is 0 Å². The second kappa shape index (κ2) is 12.1. The highest BCUT2D eigenvalue weighted by Crippen LogP contribution is 2.48. The molecule has 0 spiro atoms. The fourth-order valence-corrected chi connectivity index (χ4v) is 8.58. The van der Waals surface area contributed by atoms with Crippen molar-refractivity contribution in [2.75, 3.05) is 62.0 Å². The third-order valence-corrected chi connectivity index (χ3v) is 11.0. The molecule has 0 radical (unpaired) electrons. The average molecular weight is 619 g/mol. The number of hydrogen-bond acceptors (Lipinski definition) is 9. The Hall–Kier alpha value is -3.49. The van der Waals surface area contributed by atoms with Gasteiger partial charge in [-0.1, -0.05) is 12.6 Å². The minimum absolute atomic E-state index is 0.105. The number of nitrogens with zero attached hydrogens (tertiary/aromatic N) is 6. The summed E-state index contributed by atoms with van der Waals surface area (Å²) in [5.41, 5.74) is 5.79. The largest absolute Gasteiger partial charge is 0.484 e. The van der Waals surface area contributed by atoms with Gasteiger partial charge in [0.05, 0.1) is 42.5 Å². The predicted molar refractivity (Wildman–Crippen MR) is 168 cm³/mol. The number of carbonyl (C=O) groups is 1. The van der Waals surface area contributed by atoms with Gasteiger partial charge in [-0.3, -0.25) is 4.79 Å². The molecule has 1 unspecified atom stereocenters. The van der Waals surface area contributed by atoms with Crippen molar-refractivity contribution < 1.29 is 18.7 Å². The second-order valence-corrected chi connectivity index (χ2v) is 13.6. The number of hydrogen-bond donors (Lipinski definition) is 0. The molecule has 5 aliphatic rings. The van der Waals surface area contributed by atoms with Crippen LogP contribution in [0.1, 0.15) is 42.5 Å². The van der Waals surface area contributed by atoms with Crippen LogP contribution in [-0.2, 0) is 24.2 Å². The lowest BCUT2D eigenvalue weighted by Crippen LogP contribution is -2.63. The number of rotatable bonds is 6. The number of nitriles is 1. The van der Waals surface area contributed by atoms with Gasteiger partial charge in [0.2, 0.25) is 5.75 Å². The van der Waals surface area contributed by atoms with Gasteiger partial charge >= 0.3 is 0 Å². The number of likely N-dealkylation sites (N-methyl/N-ethyl adjacent to an activating group) is 1. The monoisotopic (exact) mass is 618 g/mol. The first-order valence-electron chi connectivity index (χ1n) is 15.7. The molecule has 1 aromatic heterocycles. The summed E-state index contributed by atoms with van der Waals surface area (Å²) in [5.74, 6) is 0.563. The number of anilines is 2. The van der Waals surface area contributed by atoms with Gasteiger partial charge in [0.15, 0.2) is 5.83 Å². The van der Waals surface area contributed by atoms with Crippen LogP contribution < -0.4 is 19.3 Å². The Morgan fingerprint density at radius 3 is 2.91 bits per heavy atom. The average Bonchev–Trinajstić information content (AvgIpc) is 3.46. The van der Waals surface area contributed by atoms with Crippen molar-refractivity contribution in [1.82, 2.24) is 14.8 Å². The first-order valence-corrected chi connectivity index (χ1v) is 16.7. The topological polar surface area (TPSA) is 85.2 Å². The van der Waals surface area contributed by atoms with E-state index in [9.17, 15) is 14.4 Å². The Morgan fingerprint density at radius 2 is 2.11 bits per heavy atom. The molecule has 2 fully saturated rings. The molecule has 44 heavy (non-hydrogen) atoms. The smallest absolute Gasteiger partial charge is 0.282 e. The summed E-state index contributed by atoms with van der Waals surface area (Å²) in [6.45, 7) is 7.31. The van der Waals surface area contributed by atoms with E-state index in [1.54, 1.807) is 0 Å². The van der Waals surface area contributed by atoms with Crippen molar-refractivity contribution in [2.45, 2.75) is 68.1 Å². The van der Waals surface area contributed by atoms with E-state index in [-0.39, 0.29) is 19.0 Å². The molecule has 1 aromatic carbocycles. The van der Waals surface area contributed by atoms with Crippen LogP contribution in [0.3, 0.4) is 0 Å². The SMILES string of the molecule is C=C(F)C(=O)N1CC2COc3c(OC[C@@H]4CCCN4C)nc4c(c3N2C[C@@H]1CC#N)CCN(c1cccc2c1CCCS2)C4. The number of halogens is 1. The van der Waals surface area contributed by atoms with Crippen LogP contribution in [0.4, 0.5) is 15.8 Å². The standard InChI is InChI=1S/C33H39FN6O3S/c1-21(34)33(41)40-17-24-20-42-31-30(39(24)16-22(40)10-12-35)25-11-14-38(28-8-3-9-29-26(28)7-5-15-44-29)18-27(25)36-32(31)43-19-23-6-4-13-37(23)2/h3,8-9,22-24H,1,4-7,10-11,13-20H2,2H3/t22-,23-,24?/m0/s1. The lowest BCUT2D eigenvalue weighted by atomic mass is 9.95. The van der Waals surface area contributed by atoms with E-state index in [1.165, 1.54) is 27.5 Å². The van der Waals surface area contributed by atoms with Crippen LogP contribution in [0.25, 0.3) is 0 Å². The zero-order chi connectivity index (χ0) is 30.4. The first kappa shape index (κ1) is 29.2. The highest BCUT2D eigenvalue weighted by Gasteiger charge is 2.44. The molecule has 232 valence electrons. The van der Waals surface area contributed by atoms with Crippen LogP contribution in [-0.4, -0.2) is 91.0 Å². The Kier molecular flexibility index (Phi) is 8.06. The molecule has 0 aliphatic carbocycles. The fraction of sp³-hybridized carbons (Fsp3) is 0.545. The molecule has 3 atom stereocenters. The van der Waals surface area contributed by atoms with Crippen LogP contribution in [0.5, 0.6) is 11.6 Å². The number of ether oxygens (including phenoxy) is 2. The van der Waals surface area contributed by atoms with Gasteiger partial charge in [0, 0.05) is 41.8 Å². The molecular weight excluding hydrogens is 579 g/mol. The van der Waals surface area contributed by atoms with Gasteiger partial charge in [-0.15, -0.1) is 11.8 Å². The number of fused-ring (bicyclic) bond motifs is 6. The predicted octanol–water partition coefficient (Wildman–Crippen LogP) is 4.33. The Bertz CT molecular complexity index is 1510. The second-order valence-electron chi connectivity index (χ2n) is 12.5. The van der Waals surface area contributed by atoms with Crippen molar-refractivity contribution in [1.29, 1.82) is 5.26 Å². The maximum atomic E-state index is 14.0. The Labute approximate surface area is 262 Å². The van der Waals surface area contributed by atoms with E-state index in [1.807, 2.05) is 11.8 Å². The number of benzene rings is 1. The zero-order valence-electron chi connectivity index (χ0n) is 25.3. The molecule has 1 amide bonds. The summed E-state index contributed by atoms with van der Waals surface area (Å²) in [6, 6.07) is 8.52. The molecule has 6 heterocycles. The third kappa shape index (κ3) is 5.26. The van der Waals surface area contributed by atoms with E-state index >= 15 is 0 Å². The quantitative estimate of drug-likeness (QED) is 0.440. The van der Waals surface area contributed by atoms with Crippen molar-refractivity contribution in [3.8, 4) is 17.7 Å². The number of aromatic nitrogens is 1. The molecule has 9 nitrogen and oxygen atoms in total. The molecule has 7 rings (SSSR count). The molecule has 11 heteroatoms. The number of pyridine rings is 1. The third-order valence-electron chi connectivity index (χ3n) is 9.84. The molecule has 0 saturated carbocycles. The van der Waals surface area contributed by atoms with Gasteiger partial charge in [-0.05, 0) is 69.1 Å². The summed E-state index contributed by atoms with van der Waals surface area (Å²) in [5, 5.41) is 9.61. The summed E-state index contributed by atoms with van der Waals surface area (Å²) >= 11 is 1.94. The van der Waals surface area contributed by atoms with Crippen LogP contribution in [0.15, 0.2) is 35.5 Å². The number of piperazine rings is 1. The summed E-state index contributed by atoms with van der Waals surface area (Å²) in [4.78, 5) is 27.8. The minimum atomic E-state index is -1.01. The molecule has 2 aromatic rings. The van der Waals surface area contributed by atoms with Crippen molar-refractivity contribution >= 4 is 29.0 Å². The van der Waals surface area contributed by atoms with E-state index in [0.717, 1.165) is 61.5 Å². The van der Waals surface area contributed by atoms with Crippen molar-refractivity contribution in [3.63, 3.8) is 0 Å². The lowest BCUT2D eigenvalue weighted by Gasteiger charge is -2.50. The van der Waals surface area contributed by atoms with E-state index in [2.05, 4.69) is 52.6 Å². The molecule has 2 saturated heterocycles. The van der Waals surface area contributed by atoms with Gasteiger partial charge in [-0.25, -0.2) is 9.37 Å². The summed E-state index contributed by atoms with van der Waals surface area (Å²) in [7, 11) is 2.14. The molecule has 0 N–H and O–H groups in total. The van der Waals surface area contributed by atoms with Gasteiger partial charge in [0.25, 0.3) is 11.8 Å². The number of amides is 1. The zero-order valence-corrected chi connectivity index (χ0v) is 26.1.